The summed E-state index contributed by atoms with van der Waals surface area (Å²) >= 11 is 3.28. The van der Waals surface area contributed by atoms with Gasteiger partial charge in [0.15, 0.2) is 0 Å². The van der Waals surface area contributed by atoms with Crippen LogP contribution in [-0.2, 0) is 0 Å². The Balaban J connectivity index is 2.17. The Morgan fingerprint density at radius 3 is 2.50 bits per heavy atom. The topological polar surface area (TPSA) is 25.8 Å². The van der Waals surface area contributed by atoms with Gasteiger partial charge in [-0.2, -0.15) is 0 Å². The fourth-order valence-electron chi connectivity index (χ4n) is 1.75. The fourth-order valence-corrected chi connectivity index (χ4v) is 1.96. The van der Waals surface area contributed by atoms with Crippen molar-refractivity contribution in [3.05, 3.63) is 22.7 Å². The highest BCUT2D eigenvalue weighted by molar-refractivity contribution is 9.10. The van der Waals surface area contributed by atoms with Gasteiger partial charge in [-0.3, -0.25) is 4.98 Å². The molecule has 3 heteroatoms. The standard InChI is InChI=1S/C9H11BrN2/c10-9-6-11-8(5-12-9)7-3-1-2-4-7/h5-7H,1-4H2. The summed E-state index contributed by atoms with van der Waals surface area (Å²) in [6.07, 6.45) is 8.95. The first-order valence-electron chi connectivity index (χ1n) is 4.34. The maximum Gasteiger partial charge on any atom is 0.124 e. The molecular weight excluding hydrogens is 216 g/mol. The number of rotatable bonds is 1. The van der Waals surface area contributed by atoms with Crippen LogP contribution in [0, 0.1) is 0 Å². The number of halogens is 1. The Bertz CT molecular complexity index is 252. The van der Waals surface area contributed by atoms with Crippen molar-refractivity contribution in [2.75, 3.05) is 0 Å². The zero-order valence-corrected chi connectivity index (χ0v) is 8.42. The molecule has 1 aromatic heterocycles. The van der Waals surface area contributed by atoms with Gasteiger partial charge < -0.3 is 0 Å². The van der Waals surface area contributed by atoms with Crippen molar-refractivity contribution in [2.24, 2.45) is 0 Å². The predicted molar refractivity (Wildman–Crippen MR) is 50.9 cm³/mol. The molecule has 0 N–H and O–H groups in total. The smallest absolute Gasteiger partial charge is 0.124 e. The second-order valence-corrected chi connectivity index (χ2v) is 4.06. The van der Waals surface area contributed by atoms with Crippen molar-refractivity contribution in [1.29, 1.82) is 0 Å². The van der Waals surface area contributed by atoms with Crippen LogP contribution < -0.4 is 0 Å². The van der Waals surface area contributed by atoms with Gasteiger partial charge in [0.2, 0.25) is 0 Å². The van der Waals surface area contributed by atoms with Gasteiger partial charge in [0.05, 0.1) is 11.9 Å². The molecule has 0 aliphatic heterocycles. The summed E-state index contributed by atoms with van der Waals surface area (Å²) in [4.78, 5) is 8.53. The Morgan fingerprint density at radius 2 is 1.92 bits per heavy atom. The van der Waals surface area contributed by atoms with Gasteiger partial charge in [-0.1, -0.05) is 12.8 Å². The van der Waals surface area contributed by atoms with Crippen LogP contribution in [0.1, 0.15) is 37.3 Å². The van der Waals surface area contributed by atoms with Crippen molar-refractivity contribution < 1.29 is 0 Å². The summed E-state index contributed by atoms with van der Waals surface area (Å²) in [6.45, 7) is 0. The quantitative estimate of drug-likeness (QED) is 0.737. The Kier molecular flexibility index (Phi) is 2.40. The van der Waals surface area contributed by atoms with Crippen molar-refractivity contribution in [3.8, 4) is 0 Å². The van der Waals surface area contributed by atoms with E-state index in [-0.39, 0.29) is 0 Å². The molecule has 1 aliphatic carbocycles. The lowest BCUT2D eigenvalue weighted by Crippen LogP contribution is -1.96. The van der Waals surface area contributed by atoms with Gasteiger partial charge in [-0.15, -0.1) is 0 Å². The Labute approximate surface area is 80.6 Å². The van der Waals surface area contributed by atoms with E-state index in [0.717, 1.165) is 10.3 Å². The summed E-state index contributed by atoms with van der Waals surface area (Å²) in [5.41, 5.74) is 1.16. The van der Waals surface area contributed by atoms with Crippen LogP contribution in [0.2, 0.25) is 0 Å². The lowest BCUT2D eigenvalue weighted by Gasteiger charge is -2.06. The van der Waals surface area contributed by atoms with Crippen LogP contribution in [0.5, 0.6) is 0 Å². The number of hydrogen-bond acceptors (Lipinski definition) is 2. The monoisotopic (exact) mass is 226 g/mol. The maximum absolute atomic E-state index is 4.35. The minimum absolute atomic E-state index is 0.672. The molecule has 0 amide bonds. The highest BCUT2D eigenvalue weighted by Crippen LogP contribution is 2.32. The molecule has 1 heterocycles. The van der Waals surface area contributed by atoms with E-state index in [0.29, 0.717) is 5.92 Å². The van der Waals surface area contributed by atoms with E-state index >= 15 is 0 Å². The molecule has 0 aromatic carbocycles. The van der Waals surface area contributed by atoms with Crippen molar-refractivity contribution in [2.45, 2.75) is 31.6 Å². The Hall–Kier alpha value is -0.440. The first-order chi connectivity index (χ1) is 5.86. The lowest BCUT2D eigenvalue weighted by molar-refractivity contribution is 0.691. The third-order valence-corrected chi connectivity index (χ3v) is 2.82. The molecule has 0 saturated heterocycles. The van der Waals surface area contributed by atoms with E-state index in [1.165, 1.54) is 25.7 Å². The van der Waals surface area contributed by atoms with Gasteiger partial charge in [-0.25, -0.2) is 4.98 Å². The molecule has 2 rings (SSSR count). The summed E-state index contributed by atoms with van der Waals surface area (Å²) in [6, 6.07) is 0. The van der Waals surface area contributed by atoms with Crippen molar-refractivity contribution in [3.63, 3.8) is 0 Å². The molecule has 1 aromatic rings. The maximum atomic E-state index is 4.35. The van der Waals surface area contributed by atoms with E-state index in [4.69, 9.17) is 0 Å². The third kappa shape index (κ3) is 1.66. The van der Waals surface area contributed by atoms with E-state index in [9.17, 15) is 0 Å². The number of aromatic nitrogens is 2. The minimum Gasteiger partial charge on any atom is -0.257 e. The Morgan fingerprint density at radius 1 is 1.17 bits per heavy atom. The van der Waals surface area contributed by atoms with Gasteiger partial charge >= 0.3 is 0 Å². The molecular formula is C9H11BrN2. The van der Waals surface area contributed by atoms with Gasteiger partial charge in [0, 0.05) is 12.1 Å². The molecule has 0 spiro atoms. The van der Waals surface area contributed by atoms with Crippen LogP contribution in [0.15, 0.2) is 17.0 Å². The zero-order chi connectivity index (χ0) is 8.39. The average Bonchev–Trinajstić information content (AvgIpc) is 2.58. The van der Waals surface area contributed by atoms with Crippen LogP contribution in [0.4, 0.5) is 0 Å². The summed E-state index contributed by atoms with van der Waals surface area (Å²) < 4.78 is 0.823. The molecule has 1 saturated carbocycles. The van der Waals surface area contributed by atoms with Crippen LogP contribution in [0.25, 0.3) is 0 Å². The SMILES string of the molecule is Brc1cnc(C2CCCC2)cn1. The normalized spacial score (nSPS) is 18.4. The van der Waals surface area contributed by atoms with E-state index in [1.54, 1.807) is 6.20 Å². The highest BCUT2D eigenvalue weighted by atomic mass is 79.9. The van der Waals surface area contributed by atoms with Crippen LogP contribution >= 0.6 is 15.9 Å². The first kappa shape index (κ1) is 8.17. The largest absolute Gasteiger partial charge is 0.257 e. The second-order valence-electron chi connectivity index (χ2n) is 3.25. The summed E-state index contributed by atoms with van der Waals surface area (Å²) in [7, 11) is 0. The second kappa shape index (κ2) is 3.52. The molecule has 0 atom stereocenters. The van der Waals surface area contributed by atoms with Gasteiger partial charge in [-0.05, 0) is 28.8 Å². The minimum atomic E-state index is 0.672. The van der Waals surface area contributed by atoms with Gasteiger partial charge in [0.1, 0.15) is 4.60 Å². The van der Waals surface area contributed by atoms with Crippen LogP contribution in [-0.4, -0.2) is 9.97 Å². The molecule has 12 heavy (non-hydrogen) atoms. The van der Waals surface area contributed by atoms with Crippen molar-refractivity contribution in [1.82, 2.24) is 9.97 Å². The molecule has 1 aliphatic rings. The zero-order valence-electron chi connectivity index (χ0n) is 6.83. The van der Waals surface area contributed by atoms with Gasteiger partial charge in [0.25, 0.3) is 0 Å². The fraction of sp³-hybridized carbons (Fsp3) is 0.556. The van der Waals surface area contributed by atoms with E-state index in [1.807, 2.05) is 6.20 Å². The van der Waals surface area contributed by atoms with Crippen LogP contribution in [0.3, 0.4) is 0 Å². The lowest BCUT2D eigenvalue weighted by atomic mass is 10.1. The molecule has 2 nitrogen and oxygen atoms in total. The molecule has 1 fully saturated rings. The van der Waals surface area contributed by atoms with E-state index < -0.39 is 0 Å². The van der Waals surface area contributed by atoms with E-state index in [2.05, 4.69) is 25.9 Å². The first-order valence-corrected chi connectivity index (χ1v) is 5.13. The molecule has 0 bridgehead atoms. The average molecular weight is 227 g/mol. The number of hydrogen-bond donors (Lipinski definition) is 0. The number of nitrogens with zero attached hydrogens (tertiary/aromatic N) is 2. The summed E-state index contributed by atoms with van der Waals surface area (Å²) in [5.74, 6) is 0.672. The predicted octanol–water partition coefficient (Wildman–Crippen LogP) is 2.90. The third-order valence-electron chi connectivity index (χ3n) is 2.41. The summed E-state index contributed by atoms with van der Waals surface area (Å²) in [5, 5.41) is 0. The highest BCUT2D eigenvalue weighted by Gasteiger charge is 2.17. The van der Waals surface area contributed by atoms with Crippen molar-refractivity contribution >= 4 is 15.9 Å². The molecule has 0 unspecified atom stereocenters. The molecule has 0 radical (unpaired) electrons. The molecule has 64 valence electrons.